The Labute approximate surface area is 123 Å². The van der Waals surface area contributed by atoms with Crippen LogP contribution < -0.4 is 5.32 Å². The van der Waals surface area contributed by atoms with E-state index in [1.165, 1.54) is 24.2 Å². The average molecular weight is 301 g/mol. The molecule has 0 radical (unpaired) electrons. The lowest BCUT2D eigenvalue weighted by atomic mass is 10.1. The number of hydrogen-bond donors (Lipinski definition) is 2. The minimum Gasteiger partial charge on any atom is -0.480 e. The zero-order valence-corrected chi connectivity index (χ0v) is 12.5. The summed E-state index contributed by atoms with van der Waals surface area (Å²) in [5, 5.41) is 12.0. The molecule has 20 heavy (non-hydrogen) atoms. The van der Waals surface area contributed by atoms with Gasteiger partial charge in [-0.05, 0) is 25.9 Å². The molecular weight excluding hydrogens is 278 g/mol. The van der Waals surface area contributed by atoms with Crippen LogP contribution in [0.3, 0.4) is 0 Å². The third kappa shape index (κ3) is 4.28. The quantitative estimate of drug-likeness (QED) is 0.799. The Morgan fingerprint density at radius 1 is 1.20 bits per heavy atom. The van der Waals surface area contributed by atoms with E-state index in [0.717, 1.165) is 25.4 Å². The second kappa shape index (κ2) is 7.73. The summed E-state index contributed by atoms with van der Waals surface area (Å²) in [4.78, 5) is 27.0. The smallest absolute Gasteiger partial charge is 0.327 e. The molecule has 2 N–H and O–H groups in total. The van der Waals surface area contributed by atoms with E-state index in [2.05, 4.69) is 10.2 Å². The van der Waals surface area contributed by atoms with Crippen molar-refractivity contribution in [2.75, 3.05) is 44.2 Å². The first-order valence-corrected chi connectivity index (χ1v) is 8.41. The number of carbonyl (C=O) groups is 2. The van der Waals surface area contributed by atoms with Crippen molar-refractivity contribution in [3.8, 4) is 0 Å². The van der Waals surface area contributed by atoms with Gasteiger partial charge in [0.25, 0.3) is 0 Å². The fourth-order valence-electron chi connectivity index (χ4n) is 2.66. The lowest BCUT2D eigenvalue weighted by Gasteiger charge is -2.33. The Morgan fingerprint density at radius 3 is 2.65 bits per heavy atom. The van der Waals surface area contributed by atoms with Crippen LogP contribution in [0.2, 0.25) is 0 Å². The Balaban J connectivity index is 1.73. The topological polar surface area (TPSA) is 72.9 Å². The summed E-state index contributed by atoms with van der Waals surface area (Å²) >= 11 is 1.59. The molecule has 2 aliphatic rings. The molecule has 0 aliphatic carbocycles. The van der Waals surface area contributed by atoms with E-state index < -0.39 is 12.0 Å². The summed E-state index contributed by atoms with van der Waals surface area (Å²) in [5.41, 5.74) is 0. The van der Waals surface area contributed by atoms with Crippen LogP contribution >= 0.6 is 11.8 Å². The van der Waals surface area contributed by atoms with Gasteiger partial charge in [-0.1, -0.05) is 6.42 Å². The molecule has 6 nitrogen and oxygen atoms in total. The maximum Gasteiger partial charge on any atom is 0.327 e. The van der Waals surface area contributed by atoms with Gasteiger partial charge in [0.1, 0.15) is 6.04 Å². The molecule has 0 bridgehead atoms. The van der Waals surface area contributed by atoms with Crippen molar-refractivity contribution in [3.63, 3.8) is 0 Å². The molecule has 7 heteroatoms. The molecule has 0 spiro atoms. The van der Waals surface area contributed by atoms with E-state index in [-0.39, 0.29) is 6.03 Å². The van der Waals surface area contributed by atoms with E-state index in [0.29, 0.717) is 18.8 Å². The van der Waals surface area contributed by atoms with Gasteiger partial charge in [0.2, 0.25) is 0 Å². The van der Waals surface area contributed by atoms with Gasteiger partial charge in [0, 0.05) is 31.1 Å². The predicted molar refractivity (Wildman–Crippen MR) is 79.1 cm³/mol. The minimum absolute atomic E-state index is 0.241. The van der Waals surface area contributed by atoms with Gasteiger partial charge in [-0.3, -0.25) is 0 Å². The molecule has 1 atom stereocenters. The maximum absolute atomic E-state index is 12.1. The van der Waals surface area contributed by atoms with E-state index in [1.807, 2.05) is 0 Å². The van der Waals surface area contributed by atoms with Crippen molar-refractivity contribution >= 4 is 23.8 Å². The number of carboxylic acid groups (broad SMARTS) is 1. The second-order valence-corrected chi connectivity index (χ2v) is 6.41. The summed E-state index contributed by atoms with van der Waals surface area (Å²) in [6.45, 7) is 4.17. The number of piperidine rings is 1. The number of thioether (sulfide) groups is 1. The SMILES string of the molecule is O=C(O)C1CSCCN1C(=O)NCCN1CCCCC1. The Bertz CT molecular complexity index is 348. The highest BCUT2D eigenvalue weighted by atomic mass is 32.2. The van der Waals surface area contributed by atoms with Gasteiger partial charge in [0.05, 0.1) is 0 Å². The molecule has 2 fully saturated rings. The third-order valence-electron chi connectivity index (χ3n) is 3.83. The number of nitrogens with one attached hydrogen (secondary N) is 1. The molecule has 2 aliphatic heterocycles. The number of carboxylic acids is 1. The van der Waals surface area contributed by atoms with E-state index in [1.54, 1.807) is 11.8 Å². The van der Waals surface area contributed by atoms with Crippen LogP contribution in [0.5, 0.6) is 0 Å². The molecular formula is C13H23N3O3S. The summed E-state index contributed by atoms with van der Waals surface area (Å²) in [7, 11) is 0. The van der Waals surface area contributed by atoms with E-state index in [4.69, 9.17) is 5.11 Å². The standard InChI is InChI=1S/C13H23N3O3S/c17-12(18)11-10-20-9-8-16(11)13(19)14-4-7-15-5-2-1-3-6-15/h11H,1-10H2,(H,14,19)(H,17,18). The summed E-state index contributed by atoms with van der Waals surface area (Å²) in [5.74, 6) is 0.376. The Kier molecular flexibility index (Phi) is 5.97. The van der Waals surface area contributed by atoms with Crippen LogP contribution in [0.1, 0.15) is 19.3 Å². The van der Waals surface area contributed by atoms with Gasteiger partial charge >= 0.3 is 12.0 Å². The van der Waals surface area contributed by atoms with Gasteiger partial charge in [-0.2, -0.15) is 11.8 Å². The second-order valence-electron chi connectivity index (χ2n) is 5.26. The average Bonchev–Trinajstić information content (AvgIpc) is 2.48. The highest BCUT2D eigenvalue weighted by molar-refractivity contribution is 7.99. The lowest BCUT2D eigenvalue weighted by molar-refractivity contribution is -0.141. The number of carbonyl (C=O) groups excluding carboxylic acids is 1. The van der Waals surface area contributed by atoms with Crippen molar-refractivity contribution in [2.45, 2.75) is 25.3 Å². The van der Waals surface area contributed by atoms with Crippen LogP contribution in [-0.2, 0) is 4.79 Å². The van der Waals surface area contributed by atoms with Gasteiger partial charge in [0.15, 0.2) is 0 Å². The molecule has 114 valence electrons. The van der Waals surface area contributed by atoms with Crippen molar-refractivity contribution in [3.05, 3.63) is 0 Å². The number of nitrogens with zero attached hydrogens (tertiary/aromatic N) is 2. The first-order valence-electron chi connectivity index (χ1n) is 7.26. The van der Waals surface area contributed by atoms with Crippen LogP contribution in [-0.4, -0.2) is 77.2 Å². The van der Waals surface area contributed by atoms with Gasteiger partial charge in [-0.15, -0.1) is 0 Å². The molecule has 2 rings (SSSR count). The fourth-order valence-corrected chi connectivity index (χ4v) is 3.70. The van der Waals surface area contributed by atoms with Crippen molar-refractivity contribution < 1.29 is 14.7 Å². The third-order valence-corrected chi connectivity index (χ3v) is 4.85. The Hall–Kier alpha value is -0.950. The van der Waals surface area contributed by atoms with Crippen LogP contribution in [0.25, 0.3) is 0 Å². The summed E-state index contributed by atoms with van der Waals surface area (Å²) in [6.07, 6.45) is 3.77. The normalized spacial score (nSPS) is 24.4. The number of rotatable bonds is 4. The Morgan fingerprint density at radius 2 is 1.95 bits per heavy atom. The number of amides is 2. The largest absolute Gasteiger partial charge is 0.480 e. The molecule has 2 saturated heterocycles. The number of likely N-dealkylation sites (tertiary alicyclic amines) is 1. The zero-order valence-electron chi connectivity index (χ0n) is 11.7. The molecule has 2 heterocycles. The van der Waals surface area contributed by atoms with Crippen molar-refractivity contribution in [1.82, 2.24) is 15.1 Å². The molecule has 1 unspecified atom stereocenters. The van der Waals surface area contributed by atoms with Crippen LogP contribution in [0.4, 0.5) is 4.79 Å². The molecule has 2 amide bonds. The monoisotopic (exact) mass is 301 g/mol. The highest BCUT2D eigenvalue weighted by Crippen LogP contribution is 2.16. The first kappa shape index (κ1) is 15.4. The fraction of sp³-hybridized carbons (Fsp3) is 0.846. The number of aliphatic carboxylic acids is 1. The van der Waals surface area contributed by atoms with Crippen LogP contribution in [0.15, 0.2) is 0 Å². The summed E-state index contributed by atoms with van der Waals surface area (Å²) in [6, 6.07) is -0.932. The number of hydrogen-bond acceptors (Lipinski definition) is 4. The zero-order chi connectivity index (χ0) is 14.4. The molecule has 0 aromatic heterocycles. The molecule has 0 aromatic rings. The van der Waals surface area contributed by atoms with Crippen molar-refractivity contribution in [2.24, 2.45) is 0 Å². The first-order chi connectivity index (χ1) is 9.68. The van der Waals surface area contributed by atoms with Crippen LogP contribution in [0, 0.1) is 0 Å². The maximum atomic E-state index is 12.1. The van der Waals surface area contributed by atoms with E-state index in [9.17, 15) is 9.59 Å². The summed E-state index contributed by atoms with van der Waals surface area (Å²) < 4.78 is 0. The molecule has 0 aromatic carbocycles. The number of urea groups is 1. The highest BCUT2D eigenvalue weighted by Gasteiger charge is 2.32. The van der Waals surface area contributed by atoms with Gasteiger partial charge in [-0.25, -0.2) is 9.59 Å². The molecule has 0 saturated carbocycles. The van der Waals surface area contributed by atoms with Gasteiger partial charge < -0.3 is 20.2 Å². The lowest BCUT2D eigenvalue weighted by Crippen LogP contribution is -2.54. The minimum atomic E-state index is -0.914. The van der Waals surface area contributed by atoms with E-state index >= 15 is 0 Å². The predicted octanol–water partition coefficient (Wildman–Crippen LogP) is 0.684. The van der Waals surface area contributed by atoms with Crippen molar-refractivity contribution in [1.29, 1.82) is 0 Å².